The Kier molecular flexibility index (Phi) is 10.9. The Balaban J connectivity index is 2.18. The highest BCUT2D eigenvalue weighted by molar-refractivity contribution is 7.99. The molecule has 0 saturated carbocycles. The van der Waals surface area contributed by atoms with Gasteiger partial charge in [0.1, 0.15) is 6.04 Å². The summed E-state index contributed by atoms with van der Waals surface area (Å²) >= 11 is 14.0. The fourth-order valence-electron chi connectivity index (χ4n) is 3.36. The fourth-order valence-corrected chi connectivity index (χ4v) is 5.01. The van der Waals surface area contributed by atoms with E-state index in [0.717, 1.165) is 23.1 Å². The zero-order valence-corrected chi connectivity index (χ0v) is 21.5. The van der Waals surface area contributed by atoms with Gasteiger partial charge in [0.05, 0.1) is 5.75 Å². The van der Waals surface area contributed by atoms with Gasteiger partial charge in [-0.3, -0.25) is 9.59 Å². The van der Waals surface area contributed by atoms with Gasteiger partial charge in [-0.2, -0.15) is 0 Å². The molecule has 7 heteroatoms. The molecule has 2 amide bonds. The molecule has 2 aromatic carbocycles. The molecule has 0 aromatic heterocycles. The van der Waals surface area contributed by atoms with Crippen LogP contribution >= 0.6 is 35.0 Å². The molecule has 0 aliphatic rings. The van der Waals surface area contributed by atoms with Gasteiger partial charge in [-0.05, 0) is 49.9 Å². The van der Waals surface area contributed by atoms with E-state index in [1.54, 1.807) is 23.1 Å². The Morgan fingerprint density at radius 2 is 1.72 bits per heavy atom. The molecule has 2 atom stereocenters. The van der Waals surface area contributed by atoms with Gasteiger partial charge in [-0.15, -0.1) is 11.8 Å². The summed E-state index contributed by atoms with van der Waals surface area (Å²) in [5.74, 6) is 0.576. The number of rotatable bonds is 11. The van der Waals surface area contributed by atoms with E-state index in [0.29, 0.717) is 28.8 Å². The van der Waals surface area contributed by atoms with Crippen molar-refractivity contribution < 1.29 is 9.59 Å². The van der Waals surface area contributed by atoms with Crippen LogP contribution in [-0.4, -0.2) is 34.6 Å². The van der Waals surface area contributed by atoms with E-state index in [4.69, 9.17) is 23.2 Å². The average molecular weight is 496 g/mol. The van der Waals surface area contributed by atoms with Crippen molar-refractivity contribution in [3.05, 3.63) is 69.2 Å². The quantitative estimate of drug-likeness (QED) is 0.401. The Morgan fingerprint density at radius 1 is 1.06 bits per heavy atom. The molecule has 2 rings (SSSR count). The number of hydrogen-bond acceptors (Lipinski definition) is 3. The second-order valence-electron chi connectivity index (χ2n) is 7.95. The summed E-state index contributed by atoms with van der Waals surface area (Å²) in [6.45, 7) is 8.35. The van der Waals surface area contributed by atoms with E-state index in [-0.39, 0.29) is 23.6 Å². The minimum absolute atomic E-state index is 0.0595. The number of amides is 2. The summed E-state index contributed by atoms with van der Waals surface area (Å²) < 4.78 is 0. The summed E-state index contributed by atoms with van der Waals surface area (Å²) in [5.41, 5.74) is 2.95. The van der Waals surface area contributed by atoms with Crippen molar-refractivity contribution in [1.82, 2.24) is 10.2 Å². The van der Waals surface area contributed by atoms with Crippen LogP contribution in [0.15, 0.2) is 42.5 Å². The maximum absolute atomic E-state index is 13.3. The topological polar surface area (TPSA) is 49.4 Å². The maximum atomic E-state index is 13.3. The smallest absolute Gasteiger partial charge is 0.243 e. The molecule has 0 saturated heterocycles. The lowest BCUT2D eigenvalue weighted by Crippen LogP contribution is -2.51. The molecule has 0 unspecified atom stereocenters. The van der Waals surface area contributed by atoms with Crippen molar-refractivity contribution in [3.63, 3.8) is 0 Å². The van der Waals surface area contributed by atoms with E-state index < -0.39 is 6.04 Å². The van der Waals surface area contributed by atoms with Crippen molar-refractivity contribution in [2.45, 2.75) is 64.9 Å². The van der Waals surface area contributed by atoms with Gasteiger partial charge in [0.25, 0.3) is 0 Å². The highest BCUT2D eigenvalue weighted by atomic mass is 35.5. The van der Waals surface area contributed by atoms with Crippen LogP contribution in [-0.2, 0) is 21.9 Å². The maximum Gasteiger partial charge on any atom is 0.243 e. The number of benzene rings is 2. The first kappa shape index (κ1) is 26.6. The van der Waals surface area contributed by atoms with Crippen LogP contribution in [0.25, 0.3) is 0 Å². The Morgan fingerprint density at radius 3 is 2.31 bits per heavy atom. The van der Waals surface area contributed by atoms with Gasteiger partial charge >= 0.3 is 0 Å². The third-order valence-electron chi connectivity index (χ3n) is 5.36. The van der Waals surface area contributed by atoms with Crippen molar-refractivity contribution >= 4 is 46.8 Å². The zero-order valence-electron chi connectivity index (χ0n) is 19.2. The fraction of sp³-hybridized carbons (Fsp3) is 0.440. The SMILES string of the molecule is CC[C@H](C)NC(=O)[C@H](CC)N(Cc1cccc(C)c1)C(=O)CSCc1c(Cl)cccc1Cl. The summed E-state index contributed by atoms with van der Waals surface area (Å²) in [7, 11) is 0. The summed E-state index contributed by atoms with van der Waals surface area (Å²) in [6.07, 6.45) is 1.38. The largest absolute Gasteiger partial charge is 0.352 e. The minimum Gasteiger partial charge on any atom is -0.352 e. The van der Waals surface area contributed by atoms with Crippen LogP contribution in [0.4, 0.5) is 0 Å². The number of nitrogens with one attached hydrogen (secondary N) is 1. The lowest BCUT2D eigenvalue weighted by Gasteiger charge is -2.31. The van der Waals surface area contributed by atoms with E-state index in [2.05, 4.69) is 11.4 Å². The average Bonchev–Trinajstić information content (AvgIpc) is 2.75. The zero-order chi connectivity index (χ0) is 23.7. The summed E-state index contributed by atoms with van der Waals surface area (Å²) in [6, 6.07) is 13.0. The number of thioether (sulfide) groups is 1. The van der Waals surface area contributed by atoms with Crippen molar-refractivity contribution in [2.24, 2.45) is 0 Å². The molecule has 4 nitrogen and oxygen atoms in total. The second kappa shape index (κ2) is 13.1. The number of carbonyl (C=O) groups is 2. The highest BCUT2D eigenvalue weighted by Crippen LogP contribution is 2.28. The molecule has 1 N–H and O–H groups in total. The summed E-state index contributed by atoms with van der Waals surface area (Å²) in [5, 5.41) is 4.22. The van der Waals surface area contributed by atoms with Gasteiger partial charge in [0.15, 0.2) is 0 Å². The van der Waals surface area contributed by atoms with Crippen LogP contribution < -0.4 is 5.32 Å². The van der Waals surface area contributed by atoms with Gasteiger partial charge < -0.3 is 10.2 Å². The number of hydrogen-bond donors (Lipinski definition) is 1. The van der Waals surface area contributed by atoms with E-state index in [1.165, 1.54) is 11.8 Å². The molecule has 174 valence electrons. The van der Waals surface area contributed by atoms with E-state index >= 15 is 0 Å². The van der Waals surface area contributed by atoms with Crippen LogP contribution in [0.2, 0.25) is 10.0 Å². The number of carbonyl (C=O) groups excluding carboxylic acids is 2. The predicted octanol–water partition coefficient (Wildman–Crippen LogP) is 6.26. The minimum atomic E-state index is -0.526. The van der Waals surface area contributed by atoms with Gasteiger partial charge in [0.2, 0.25) is 11.8 Å². The normalized spacial score (nSPS) is 12.8. The van der Waals surface area contributed by atoms with Crippen LogP contribution in [0.3, 0.4) is 0 Å². The Hall–Kier alpha value is -1.69. The third-order valence-corrected chi connectivity index (χ3v) is 7.01. The number of nitrogens with zero attached hydrogens (tertiary/aromatic N) is 1. The molecule has 0 aliphatic carbocycles. The van der Waals surface area contributed by atoms with Crippen molar-refractivity contribution in [2.75, 3.05) is 5.75 Å². The lowest BCUT2D eigenvalue weighted by atomic mass is 10.1. The lowest BCUT2D eigenvalue weighted by molar-refractivity contribution is -0.139. The van der Waals surface area contributed by atoms with E-state index in [1.807, 2.05) is 45.9 Å². The van der Waals surface area contributed by atoms with Crippen molar-refractivity contribution in [1.29, 1.82) is 0 Å². The Bertz CT molecular complexity index is 902. The predicted molar refractivity (Wildman–Crippen MR) is 136 cm³/mol. The number of halogens is 2. The summed E-state index contributed by atoms with van der Waals surface area (Å²) in [4.78, 5) is 28.0. The molecule has 0 spiro atoms. The van der Waals surface area contributed by atoms with Gasteiger partial charge in [-0.1, -0.05) is 72.9 Å². The van der Waals surface area contributed by atoms with Crippen molar-refractivity contribution in [3.8, 4) is 0 Å². The first-order valence-electron chi connectivity index (χ1n) is 10.9. The molecule has 0 radical (unpaired) electrons. The monoisotopic (exact) mass is 494 g/mol. The first-order valence-corrected chi connectivity index (χ1v) is 12.8. The van der Waals surface area contributed by atoms with Crippen LogP contribution in [0, 0.1) is 6.92 Å². The molecule has 0 bridgehead atoms. The standard InChI is InChI=1S/C25H32Cl2N2O2S/c1-5-18(4)28-25(31)23(6-2)29(14-19-10-7-9-17(3)13-19)24(30)16-32-15-20-21(26)11-8-12-22(20)27/h7-13,18,23H,5-6,14-16H2,1-4H3,(H,28,31)/t18-,23-/m0/s1. The highest BCUT2D eigenvalue weighted by Gasteiger charge is 2.29. The molecular weight excluding hydrogens is 463 g/mol. The van der Waals surface area contributed by atoms with Gasteiger partial charge in [0, 0.05) is 28.4 Å². The van der Waals surface area contributed by atoms with Crippen LogP contribution in [0.1, 0.15) is 50.3 Å². The Labute approximate surface area is 206 Å². The van der Waals surface area contributed by atoms with E-state index in [9.17, 15) is 9.59 Å². The molecule has 0 heterocycles. The molecule has 0 fully saturated rings. The second-order valence-corrected chi connectivity index (χ2v) is 9.75. The first-order chi connectivity index (χ1) is 15.3. The molecular formula is C25H32Cl2N2O2S. The molecule has 32 heavy (non-hydrogen) atoms. The van der Waals surface area contributed by atoms with Gasteiger partial charge in [-0.25, -0.2) is 0 Å². The number of aryl methyl sites for hydroxylation is 1. The van der Waals surface area contributed by atoms with Crippen LogP contribution in [0.5, 0.6) is 0 Å². The molecule has 2 aromatic rings. The molecule has 0 aliphatic heterocycles. The third kappa shape index (κ3) is 7.72.